The molecule has 116 valence electrons. The highest BCUT2D eigenvalue weighted by Gasteiger charge is 2.29. The van der Waals surface area contributed by atoms with Crippen molar-refractivity contribution in [3.8, 4) is 0 Å². The van der Waals surface area contributed by atoms with Gasteiger partial charge >= 0.3 is 12.0 Å². The molecule has 0 aromatic rings. The number of hydrogen-bond donors (Lipinski definition) is 4. The molecule has 7 heteroatoms. The second-order valence-corrected chi connectivity index (χ2v) is 6.78. The van der Waals surface area contributed by atoms with Crippen LogP contribution in [-0.2, 0) is 9.59 Å². The molecule has 0 radical (unpaired) electrons. The third-order valence-electron chi connectivity index (χ3n) is 2.43. The fraction of sp³-hybridized carbons (Fsp3) is 0.769. The number of carbonyl (C=O) groups excluding carboxylic acids is 2. The quantitative estimate of drug-likeness (QED) is 0.578. The van der Waals surface area contributed by atoms with Crippen molar-refractivity contribution in [3.63, 3.8) is 0 Å². The molecule has 0 aromatic heterocycles. The smallest absolute Gasteiger partial charge is 0.326 e. The highest BCUT2D eigenvalue weighted by Crippen LogP contribution is 2.26. The van der Waals surface area contributed by atoms with E-state index in [0.29, 0.717) is 6.42 Å². The van der Waals surface area contributed by atoms with E-state index in [4.69, 9.17) is 10.8 Å². The number of nitrogens with two attached hydrogens (primary N) is 1. The average molecular weight is 287 g/mol. The second kappa shape index (κ2) is 6.58. The number of amides is 3. The van der Waals surface area contributed by atoms with Gasteiger partial charge in [0, 0.05) is 5.54 Å². The zero-order valence-corrected chi connectivity index (χ0v) is 12.7. The summed E-state index contributed by atoms with van der Waals surface area (Å²) in [4.78, 5) is 33.5. The van der Waals surface area contributed by atoms with Crippen LogP contribution in [0.25, 0.3) is 0 Å². The fourth-order valence-corrected chi connectivity index (χ4v) is 2.27. The molecular weight excluding hydrogens is 262 g/mol. The maximum Gasteiger partial charge on any atom is 0.326 e. The highest BCUT2D eigenvalue weighted by atomic mass is 16.4. The van der Waals surface area contributed by atoms with E-state index in [9.17, 15) is 14.4 Å². The van der Waals surface area contributed by atoms with Crippen LogP contribution in [-0.4, -0.2) is 34.6 Å². The van der Waals surface area contributed by atoms with Crippen LogP contribution in [0.2, 0.25) is 0 Å². The lowest BCUT2D eigenvalue weighted by atomic mass is 9.82. The summed E-state index contributed by atoms with van der Waals surface area (Å²) in [5.74, 6) is -2.08. The first-order valence-electron chi connectivity index (χ1n) is 6.42. The first-order chi connectivity index (χ1) is 8.82. The third kappa shape index (κ3) is 8.34. The van der Waals surface area contributed by atoms with Crippen molar-refractivity contribution in [1.29, 1.82) is 0 Å². The summed E-state index contributed by atoms with van der Waals surface area (Å²) in [7, 11) is 0. The van der Waals surface area contributed by atoms with Crippen molar-refractivity contribution in [2.24, 2.45) is 11.1 Å². The Kier molecular flexibility index (Phi) is 5.99. The Hall–Kier alpha value is -1.79. The predicted molar refractivity (Wildman–Crippen MR) is 75.1 cm³/mol. The monoisotopic (exact) mass is 287 g/mol. The van der Waals surface area contributed by atoms with E-state index in [2.05, 4.69) is 10.6 Å². The van der Waals surface area contributed by atoms with E-state index in [1.165, 1.54) is 0 Å². The number of nitrogens with one attached hydrogen (secondary N) is 2. The van der Waals surface area contributed by atoms with Gasteiger partial charge in [-0.3, -0.25) is 4.79 Å². The van der Waals surface area contributed by atoms with Crippen LogP contribution < -0.4 is 16.4 Å². The molecule has 0 aliphatic carbocycles. The fourth-order valence-electron chi connectivity index (χ4n) is 2.27. The Morgan fingerprint density at radius 2 is 1.65 bits per heavy atom. The van der Waals surface area contributed by atoms with Gasteiger partial charge in [0.05, 0.1) is 6.42 Å². The number of carboxylic acids is 1. The van der Waals surface area contributed by atoms with Crippen LogP contribution in [0.15, 0.2) is 0 Å². The van der Waals surface area contributed by atoms with E-state index in [0.717, 1.165) is 0 Å². The minimum absolute atomic E-state index is 0.0101. The lowest BCUT2D eigenvalue weighted by Gasteiger charge is -2.33. The third-order valence-corrected chi connectivity index (χ3v) is 2.43. The molecule has 0 aliphatic heterocycles. The number of rotatable bonds is 6. The first kappa shape index (κ1) is 18.2. The van der Waals surface area contributed by atoms with Crippen molar-refractivity contribution >= 4 is 17.9 Å². The van der Waals surface area contributed by atoms with E-state index < -0.39 is 35.9 Å². The lowest BCUT2D eigenvalue weighted by molar-refractivity contribution is -0.140. The summed E-state index contributed by atoms with van der Waals surface area (Å²) in [6, 6.07) is -1.95. The van der Waals surface area contributed by atoms with Crippen LogP contribution in [0.4, 0.5) is 4.79 Å². The molecule has 20 heavy (non-hydrogen) atoms. The van der Waals surface area contributed by atoms with Crippen molar-refractivity contribution < 1.29 is 19.5 Å². The van der Waals surface area contributed by atoms with E-state index in [1.807, 2.05) is 34.6 Å². The lowest BCUT2D eigenvalue weighted by Crippen LogP contribution is -2.54. The first-order valence-corrected chi connectivity index (χ1v) is 6.42. The number of hydrogen-bond acceptors (Lipinski definition) is 3. The molecule has 0 unspecified atom stereocenters. The molecule has 0 aromatic carbocycles. The molecule has 0 aliphatic rings. The van der Waals surface area contributed by atoms with Crippen molar-refractivity contribution in [1.82, 2.24) is 10.6 Å². The standard InChI is InChI=1S/C13H25N3O4/c1-12(2,3)7-13(4,5)16-11(20)15-8(10(18)19)6-9(14)17/h8H,6-7H2,1-5H3,(H2,14,17)(H,18,19)(H2,15,16,20)/t8-/m1/s1. The maximum absolute atomic E-state index is 11.8. The van der Waals surface area contributed by atoms with Gasteiger partial charge in [-0.15, -0.1) is 0 Å². The molecule has 1 atom stereocenters. The summed E-state index contributed by atoms with van der Waals surface area (Å²) in [6.45, 7) is 9.83. The Balaban J connectivity index is 4.60. The van der Waals surface area contributed by atoms with E-state index in [1.54, 1.807) is 0 Å². The van der Waals surface area contributed by atoms with Crippen LogP contribution in [0.1, 0.15) is 47.5 Å². The summed E-state index contributed by atoms with van der Waals surface area (Å²) in [6.07, 6.45) is 0.267. The van der Waals surface area contributed by atoms with E-state index in [-0.39, 0.29) is 5.41 Å². The van der Waals surface area contributed by atoms with Gasteiger partial charge in [0.15, 0.2) is 0 Å². The number of aliphatic carboxylic acids is 1. The van der Waals surface area contributed by atoms with Gasteiger partial charge in [0.2, 0.25) is 5.91 Å². The van der Waals surface area contributed by atoms with Gasteiger partial charge in [0.25, 0.3) is 0 Å². The van der Waals surface area contributed by atoms with E-state index >= 15 is 0 Å². The topological polar surface area (TPSA) is 122 Å². The van der Waals surface area contributed by atoms with Crippen molar-refractivity contribution in [3.05, 3.63) is 0 Å². The Morgan fingerprint density at radius 1 is 1.15 bits per heavy atom. The molecule has 0 spiro atoms. The molecule has 0 saturated carbocycles. The maximum atomic E-state index is 11.8. The Bertz CT molecular complexity index is 386. The van der Waals surface area contributed by atoms with Crippen LogP contribution in [0.5, 0.6) is 0 Å². The number of carboxylic acid groups (broad SMARTS) is 1. The highest BCUT2D eigenvalue weighted by molar-refractivity contribution is 5.87. The predicted octanol–water partition coefficient (Wildman–Crippen LogP) is 0.829. The van der Waals surface area contributed by atoms with Crippen LogP contribution in [0.3, 0.4) is 0 Å². The molecule has 0 fully saturated rings. The van der Waals surface area contributed by atoms with Crippen molar-refractivity contribution in [2.75, 3.05) is 0 Å². The summed E-state index contributed by atoms with van der Waals surface area (Å²) in [5, 5.41) is 13.9. The SMILES string of the molecule is CC(C)(C)CC(C)(C)NC(=O)N[C@H](CC(N)=O)C(=O)O. The molecule has 0 bridgehead atoms. The number of primary amides is 1. The zero-order chi connectivity index (χ0) is 16.1. The number of carbonyl (C=O) groups is 3. The van der Waals surface area contributed by atoms with Gasteiger partial charge in [-0.2, -0.15) is 0 Å². The van der Waals surface area contributed by atoms with Crippen molar-refractivity contribution in [2.45, 2.75) is 59.0 Å². The molecule has 5 N–H and O–H groups in total. The largest absolute Gasteiger partial charge is 0.480 e. The Labute approximate surface area is 119 Å². The minimum atomic E-state index is -1.32. The van der Waals surface area contributed by atoms with Gasteiger partial charge in [0.1, 0.15) is 6.04 Å². The molecule has 3 amide bonds. The van der Waals surface area contributed by atoms with Gasteiger partial charge in [-0.25, -0.2) is 9.59 Å². The molecule has 0 saturated heterocycles. The second-order valence-electron chi connectivity index (χ2n) is 6.78. The summed E-state index contributed by atoms with van der Waals surface area (Å²) in [5.41, 5.74) is 4.45. The minimum Gasteiger partial charge on any atom is -0.480 e. The summed E-state index contributed by atoms with van der Waals surface area (Å²) >= 11 is 0. The zero-order valence-electron chi connectivity index (χ0n) is 12.7. The molecule has 7 nitrogen and oxygen atoms in total. The summed E-state index contributed by atoms with van der Waals surface area (Å²) < 4.78 is 0. The average Bonchev–Trinajstić information content (AvgIpc) is 2.09. The normalized spacial score (nSPS) is 13.4. The van der Waals surface area contributed by atoms with Gasteiger partial charge in [-0.05, 0) is 25.7 Å². The van der Waals surface area contributed by atoms with Gasteiger partial charge < -0.3 is 21.5 Å². The Morgan fingerprint density at radius 3 is 2.00 bits per heavy atom. The molecule has 0 rings (SSSR count). The van der Waals surface area contributed by atoms with Gasteiger partial charge in [-0.1, -0.05) is 20.8 Å². The van der Waals surface area contributed by atoms with Crippen LogP contribution in [0, 0.1) is 5.41 Å². The van der Waals surface area contributed by atoms with Crippen LogP contribution >= 0.6 is 0 Å². The molecule has 0 heterocycles. The molecular formula is C13H25N3O4. The number of urea groups is 1.